The zero-order valence-electron chi connectivity index (χ0n) is 11.2. The minimum atomic E-state index is -0.138. The molecule has 104 valence electrons. The third kappa shape index (κ3) is 3.43. The largest absolute Gasteiger partial charge is 0.330 e. The third-order valence-corrected chi connectivity index (χ3v) is 3.42. The number of nitrogens with two attached hydrogens (primary N) is 1. The van der Waals surface area contributed by atoms with Gasteiger partial charge in [-0.15, -0.1) is 0 Å². The predicted molar refractivity (Wildman–Crippen MR) is 83.8 cm³/mol. The molecule has 1 heterocycles. The molecular formula is C15H16BrN3O. The standard InChI is InChI=1S/C15H16BrN3O/c1-10-13(6-7-14(16)18-10)19-15(20)12-5-3-2-4-11(12)8-9-17/h2-7H,8-9,17H2,1H3,(H,19,20). The number of carbonyl (C=O) groups is 1. The van der Waals surface area contributed by atoms with Gasteiger partial charge in [0.15, 0.2) is 0 Å². The number of hydrogen-bond acceptors (Lipinski definition) is 3. The molecule has 0 aliphatic carbocycles. The summed E-state index contributed by atoms with van der Waals surface area (Å²) in [5.74, 6) is -0.138. The Labute approximate surface area is 126 Å². The van der Waals surface area contributed by atoms with Gasteiger partial charge in [-0.05, 0) is 59.6 Å². The maximum Gasteiger partial charge on any atom is 0.255 e. The van der Waals surface area contributed by atoms with E-state index in [0.717, 1.165) is 15.9 Å². The van der Waals surface area contributed by atoms with Crippen molar-refractivity contribution in [2.75, 3.05) is 11.9 Å². The molecule has 2 rings (SSSR count). The zero-order valence-corrected chi connectivity index (χ0v) is 12.8. The normalized spacial score (nSPS) is 10.3. The lowest BCUT2D eigenvalue weighted by Gasteiger charge is -2.11. The van der Waals surface area contributed by atoms with Crippen LogP contribution in [0.15, 0.2) is 41.0 Å². The van der Waals surface area contributed by atoms with Gasteiger partial charge in [0.25, 0.3) is 5.91 Å². The molecule has 0 aliphatic rings. The summed E-state index contributed by atoms with van der Waals surface area (Å²) < 4.78 is 0.747. The van der Waals surface area contributed by atoms with Gasteiger partial charge < -0.3 is 11.1 Å². The van der Waals surface area contributed by atoms with Crippen molar-refractivity contribution in [2.24, 2.45) is 5.73 Å². The highest BCUT2D eigenvalue weighted by atomic mass is 79.9. The number of amides is 1. The van der Waals surface area contributed by atoms with Gasteiger partial charge in [0.2, 0.25) is 0 Å². The first-order valence-corrected chi connectivity index (χ1v) is 7.13. The van der Waals surface area contributed by atoms with Gasteiger partial charge >= 0.3 is 0 Å². The lowest BCUT2D eigenvalue weighted by Crippen LogP contribution is -2.16. The van der Waals surface area contributed by atoms with E-state index in [0.29, 0.717) is 24.2 Å². The molecule has 0 saturated carbocycles. The average molecular weight is 334 g/mol. The maximum atomic E-state index is 12.4. The second-order valence-corrected chi connectivity index (χ2v) is 5.23. The van der Waals surface area contributed by atoms with E-state index < -0.39 is 0 Å². The Morgan fingerprint density at radius 2 is 2.05 bits per heavy atom. The van der Waals surface area contributed by atoms with E-state index in [4.69, 9.17) is 5.73 Å². The van der Waals surface area contributed by atoms with E-state index in [-0.39, 0.29) is 5.91 Å². The van der Waals surface area contributed by atoms with E-state index in [1.165, 1.54) is 0 Å². The number of nitrogens with zero attached hydrogens (tertiary/aromatic N) is 1. The molecule has 0 radical (unpaired) electrons. The Balaban J connectivity index is 2.24. The van der Waals surface area contributed by atoms with E-state index >= 15 is 0 Å². The summed E-state index contributed by atoms with van der Waals surface area (Å²) in [4.78, 5) is 16.6. The summed E-state index contributed by atoms with van der Waals surface area (Å²) in [7, 11) is 0. The van der Waals surface area contributed by atoms with E-state index in [2.05, 4.69) is 26.2 Å². The quantitative estimate of drug-likeness (QED) is 0.845. The highest BCUT2D eigenvalue weighted by Gasteiger charge is 2.12. The Kier molecular flexibility index (Phi) is 4.87. The van der Waals surface area contributed by atoms with Crippen LogP contribution in [-0.2, 0) is 6.42 Å². The summed E-state index contributed by atoms with van der Waals surface area (Å²) in [5.41, 5.74) is 8.66. The molecule has 1 aromatic carbocycles. The highest BCUT2D eigenvalue weighted by molar-refractivity contribution is 9.10. The number of aryl methyl sites for hydroxylation is 1. The second kappa shape index (κ2) is 6.63. The summed E-state index contributed by atoms with van der Waals surface area (Å²) in [6.07, 6.45) is 0.682. The number of halogens is 1. The first kappa shape index (κ1) is 14.7. The third-order valence-electron chi connectivity index (χ3n) is 2.98. The molecule has 3 N–H and O–H groups in total. The van der Waals surface area contributed by atoms with Crippen molar-refractivity contribution in [1.29, 1.82) is 0 Å². The van der Waals surface area contributed by atoms with Crippen LogP contribution in [0.5, 0.6) is 0 Å². The molecule has 0 spiro atoms. The molecule has 0 atom stereocenters. The number of pyridine rings is 1. The van der Waals surface area contributed by atoms with Crippen LogP contribution < -0.4 is 11.1 Å². The van der Waals surface area contributed by atoms with E-state index in [1.54, 1.807) is 6.07 Å². The van der Waals surface area contributed by atoms with E-state index in [9.17, 15) is 4.79 Å². The van der Waals surface area contributed by atoms with Crippen molar-refractivity contribution in [3.63, 3.8) is 0 Å². The molecule has 5 heteroatoms. The second-order valence-electron chi connectivity index (χ2n) is 4.42. The molecule has 2 aromatic rings. The van der Waals surface area contributed by atoms with Gasteiger partial charge in [0.05, 0.1) is 11.4 Å². The minimum Gasteiger partial charge on any atom is -0.330 e. The van der Waals surface area contributed by atoms with Crippen molar-refractivity contribution in [2.45, 2.75) is 13.3 Å². The van der Waals surface area contributed by atoms with Crippen molar-refractivity contribution in [3.05, 3.63) is 57.8 Å². The van der Waals surface area contributed by atoms with Crippen LogP contribution in [0.1, 0.15) is 21.6 Å². The number of carbonyl (C=O) groups excluding carboxylic acids is 1. The predicted octanol–water partition coefficient (Wildman–Crippen LogP) is 2.91. The van der Waals surface area contributed by atoms with Crippen LogP contribution in [0.25, 0.3) is 0 Å². The molecule has 1 aromatic heterocycles. The van der Waals surface area contributed by atoms with Crippen molar-refractivity contribution < 1.29 is 4.79 Å². The molecular weight excluding hydrogens is 318 g/mol. The Bertz CT molecular complexity index is 628. The summed E-state index contributed by atoms with van der Waals surface area (Å²) in [6, 6.07) is 11.1. The highest BCUT2D eigenvalue weighted by Crippen LogP contribution is 2.18. The molecule has 0 saturated heterocycles. The molecule has 0 unspecified atom stereocenters. The Morgan fingerprint density at radius 1 is 1.30 bits per heavy atom. The summed E-state index contributed by atoms with van der Waals surface area (Å²) >= 11 is 3.30. The number of anilines is 1. The topological polar surface area (TPSA) is 68.0 Å². The average Bonchev–Trinajstić information content (AvgIpc) is 2.43. The molecule has 20 heavy (non-hydrogen) atoms. The lowest BCUT2D eigenvalue weighted by atomic mass is 10.0. The first-order valence-electron chi connectivity index (χ1n) is 6.34. The smallest absolute Gasteiger partial charge is 0.255 e. The van der Waals surface area contributed by atoms with Crippen LogP contribution in [0.3, 0.4) is 0 Å². The lowest BCUT2D eigenvalue weighted by molar-refractivity contribution is 0.102. The van der Waals surface area contributed by atoms with Crippen molar-refractivity contribution >= 4 is 27.5 Å². The number of rotatable bonds is 4. The van der Waals surface area contributed by atoms with Gasteiger partial charge in [-0.25, -0.2) is 4.98 Å². The fraction of sp³-hybridized carbons (Fsp3) is 0.200. The molecule has 0 bridgehead atoms. The maximum absolute atomic E-state index is 12.4. The van der Waals surface area contributed by atoms with Gasteiger partial charge in [-0.3, -0.25) is 4.79 Å². The monoisotopic (exact) mass is 333 g/mol. The van der Waals surface area contributed by atoms with Crippen LogP contribution in [0, 0.1) is 6.92 Å². The molecule has 4 nitrogen and oxygen atoms in total. The molecule has 0 aliphatic heterocycles. The van der Waals surface area contributed by atoms with Crippen LogP contribution in [-0.4, -0.2) is 17.4 Å². The molecule has 1 amide bonds. The van der Waals surface area contributed by atoms with Gasteiger partial charge in [-0.1, -0.05) is 18.2 Å². The fourth-order valence-corrected chi connectivity index (χ4v) is 2.37. The number of nitrogens with one attached hydrogen (secondary N) is 1. The van der Waals surface area contributed by atoms with Gasteiger partial charge in [0.1, 0.15) is 4.60 Å². The van der Waals surface area contributed by atoms with Crippen LogP contribution in [0.2, 0.25) is 0 Å². The SMILES string of the molecule is Cc1nc(Br)ccc1NC(=O)c1ccccc1CCN. The zero-order chi connectivity index (χ0) is 14.5. The van der Waals surface area contributed by atoms with Gasteiger partial charge in [0, 0.05) is 5.56 Å². The first-order chi connectivity index (χ1) is 9.61. The molecule has 0 fully saturated rings. The Hall–Kier alpha value is -1.72. The van der Waals surface area contributed by atoms with Gasteiger partial charge in [-0.2, -0.15) is 0 Å². The fourth-order valence-electron chi connectivity index (χ4n) is 1.97. The number of hydrogen-bond donors (Lipinski definition) is 2. The summed E-state index contributed by atoms with van der Waals surface area (Å²) in [6.45, 7) is 2.37. The number of benzene rings is 1. The van der Waals surface area contributed by atoms with Crippen molar-refractivity contribution in [3.8, 4) is 0 Å². The number of aromatic nitrogens is 1. The van der Waals surface area contributed by atoms with Crippen LogP contribution in [0.4, 0.5) is 5.69 Å². The minimum absolute atomic E-state index is 0.138. The van der Waals surface area contributed by atoms with Crippen molar-refractivity contribution in [1.82, 2.24) is 4.98 Å². The summed E-state index contributed by atoms with van der Waals surface area (Å²) in [5, 5.41) is 2.89. The van der Waals surface area contributed by atoms with Crippen LogP contribution >= 0.6 is 15.9 Å². The Morgan fingerprint density at radius 3 is 2.75 bits per heavy atom. The van der Waals surface area contributed by atoms with E-state index in [1.807, 2.05) is 37.3 Å².